The van der Waals surface area contributed by atoms with Gasteiger partial charge in [0.15, 0.2) is 0 Å². The van der Waals surface area contributed by atoms with E-state index in [2.05, 4.69) is 5.32 Å². The molecule has 1 aromatic rings. The first-order valence-electron chi connectivity index (χ1n) is 4.58. The van der Waals surface area contributed by atoms with Crippen molar-refractivity contribution in [1.82, 2.24) is 5.32 Å². The summed E-state index contributed by atoms with van der Waals surface area (Å²) in [7, 11) is 0. The van der Waals surface area contributed by atoms with Crippen molar-refractivity contribution < 1.29 is 0 Å². The topological polar surface area (TPSA) is 12.0 Å². The molecule has 1 unspecified atom stereocenters. The van der Waals surface area contributed by atoms with Gasteiger partial charge in [-0.15, -0.1) is 11.8 Å². The highest BCUT2D eigenvalue weighted by Crippen LogP contribution is 2.34. The molecule has 0 amide bonds. The number of rotatable bonds is 2. The van der Waals surface area contributed by atoms with Crippen molar-refractivity contribution in [2.45, 2.75) is 16.6 Å². The predicted molar refractivity (Wildman–Crippen MR) is 63.6 cm³/mol. The fraction of sp³-hybridized carbons (Fsp3) is 0.400. The normalized spacial score (nSPS) is 21.4. The van der Waals surface area contributed by atoms with Crippen LogP contribution in [0.2, 0.25) is 10.0 Å². The zero-order valence-corrected chi connectivity index (χ0v) is 9.92. The number of hydrogen-bond acceptors (Lipinski definition) is 2. The van der Waals surface area contributed by atoms with Gasteiger partial charge in [-0.3, -0.25) is 0 Å². The molecule has 1 aliphatic rings. The summed E-state index contributed by atoms with van der Waals surface area (Å²) < 4.78 is 0. The summed E-state index contributed by atoms with van der Waals surface area (Å²) in [6.07, 6.45) is 1.20. The van der Waals surface area contributed by atoms with Crippen molar-refractivity contribution in [3.63, 3.8) is 0 Å². The van der Waals surface area contributed by atoms with Crippen LogP contribution in [0.3, 0.4) is 0 Å². The van der Waals surface area contributed by atoms with E-state index >= 15 is 0 Å². The highest BCUT2D eigenvalue weighted by atomic mass is 35.5. The van der Waals surface area contributed by atoms with Crippen molar-refractivity contribution in [2.24, 2.45) is 0 Å². The van der Waals surface area contributed by atoms with E-state index in [9.17, 15) is 0 Å². The van der Waals surface area contributed by atoms with Crippen LogP contribution in [0, 0.1) is 0 Å². The maximum atomic E-state index is 6.07. The highest BCUT2D eigenvalue weighted by molar-refractivity contribution is 8.00. The average Bonchev–Trinajstić information content (AvgIpc) is 2.64. The molecular weight excluding hydrogens is 237 g/mol. The van der Waals surface area contributed by atoms with Crippen LogP contribution >= 0.6 is 35.0 Å². The van der Waals surface area contributed by atoms with Crippen molar-refractivity contribution in [1.29, 1.82) is 0 Å². The second-order valence-electron chi connectivity index (χ2n) is 3.31. The average molecular weight is 248 g/mol. The minimum Gasteiger partial charge on any atom is -0.316 e. The lowest BCUT2D eigenvalue weighted by atomic mass is 10.4. The molecular formula is C10H11Cl2NS. The number of thioether (sulfide) groups is 1. The van der Waals surface area contributed by atoms with Gasteiger partial charge in [0.2, 0.25) is 0 Å². The standard InChI is InChI=1S/C10H11Cl2NS/c11-7-1-2-9(12)10(5-7)14-8-3-4-13-6-8/h1-2,5,8,13H,3-4,6H2. The Labute approximate surface area is 98.2 Å². The Hall–Kier alpha value is 0.110. The quantitative estimate of drug-likeness (QED) is 0.860. The zero-order valence-electron chi connectivity index (χ0n) is 7.59. The monoisotopic (exact) mass is 247 g/mol. The molecule has 0 radical (unpaired) electrons. The van der Waals surface area contributed by atoms with E-state index in [-0.39, 0.29) is 0 Å². The number of hydrogen-bond donors (Lipinski definition) is 1. The second kappa shape index (κ2) is 4.75. The third kappa shape index (κ3) is 2.57. The van der Waals surface area contributed by atoms with Gasteiger partial charge in [0.1, 0.15) is 0 Å². The zero-order chi connectivity index (χ0) is 9.97. The van der Waals surface area contributed by atoms with Crippen LogP contribution in [-0.2, 0) is 0 Å². The van der Waals surface area contributed by atoms with Crippen molar-refractivity contribution >= 4 is 35.0 Å². The second-order valence-corrected chi connectivity index (χ2v) is 5.49. The number of halogens is 2. The maximum Gasteiger partial charge on any atom is 0.0543 e. The molecule has 1 aliphatic heterocycles. The van der Waals surface area contributed by atoms with Crippen molar-refractivity contribution in [3.05, 3.63) is 28.2 Å². The summed E-state index contributed by atoms with van der Waals surface area (Å²) in [4.78, 5) is 1.09. The van der Waals surface area contributed by atoms with E-state index in [1.807, 2.05) is 30.0 Å². The first kappa shape index (κ1) is 10.6. The highest BCUT2D eigenvalue weighted by Gasteiger charge is 2.16. The summed E-state index contributed by atoms with van der Waals surface area (Å²) >= 11 is 13.8. The van der Waals surface area contributed by atoms with Crippen LogP contribution in [-0.4, -0.2) is 18.3 Å². The molecule has 2 rings (SSSR count). The Morgan fingerprint density at radius 2 is 2.21 bits per heavy atom. The van der Waals surface area contributed by atoms with Crippen molar-refractivity contribution in [2.75, 3.05) is 13.1 Å². The minimum absolute atomic E-state index is 0.631. The van der Waals surface area contributed by atoms with Crippen LogP contribution in [0.4, 0.5) is 0 Å². The smallest absolute Gasteiger partial charge is 0.0543 e. The van der Waals surface area contributed by atoms with Gasteiger partial charge in [-0.25, -0.2) is 0 Å². The molecule has 4 heteroatoms. The molecule has 1 aromatic carbocycles. The van der Waals surface area contributed by atoms with Gasteiger partial charge in [0.25, 0.3) is 0 Å². The lowest BCUT2D eigenvalue weighted by Crippen LogP contribution is -2.09. The van der Waals surface area contributed by atoms with E-state index < -0.39 is 0 Å². The van der Waals surface area contributed by atoms with Gasteiger partial charge < -0.3 is 5.32 Å². The molecule has 1 heterocycles. The Kier molecular flexibility index (Phi) is 3.61. The van der Waals surface area contributed by atoms with Gasteiger partial charge in [0.05, 0.1) is 5.02 Å². The molecule has 0 saturated carbocycles. The molecule has 76 valence electrons. The molecule has 1 atom stereocenters. The molecule has 1 fully saturated rings. The largest absolute Gasteiger partial charge is 0.316 e. The van der Waals surface area contributed by atoms with Gasteiger partial charge >= 0.3 is 0 Å². The van der Waals surface area contributed by atoms with Crippen LogP contribution < -0.4 is 5.32 Å². The van der Waals surface area contributed by atoms with E-state index in [0.717, 1.165) is 28.0 Å². The Bertz CT molecular complexity index is 324. The fourth-order valence-corrected chi connectivity index (χ4v) is 3.14. The lowest BCUT2D eigenvalue weighted by Gasteiger charge is -2.09. The first-order chi connectivity index (χ1) is 6.75. The van der Waals surface area contributed by atoms with Crippen LogP contribution in [0.15, 0.2) is 23.1 Å². The van der Waals surface area contributed by atoms with E-state index in [1.54, 1.807) is 0 Å². The SMILES string of the molecule is Clc1ccc(Cl)c(SC2CCNC2)c1. The summed E-state index contributed by atoms with van der Waals surface area (Å²) in [6, 6.07) is 5.61. The molecule has 14 heavy (non-hydrogen) atoms. The molecule has 1 nitrogen and oxygen atoms in total. The fourth-order valence-electron chi connectivity index (χ4n) is 1.48. The van der Waals surface area contributed by atoms with Crippen LogP contribution in [0.5, 0.6) is 0 Å². The molecule has 0 aliphatic carbocycles. The van der Waals surface area contributed by atoms with Gasteiger partial charge in [-0.05, 0) is 31.2 Å². The summed E-state index contributed by atoms with van der Waals surface area (Å²) in [5.41, 5.74) is 0. The molecule has 0 aromatic heterocycles. The summed E-state index contributed by atoms with van der Waals surface area (Å²) in [5, 5.41) is 5.51. The minimum atomic E-state index is 0.631. The van der Waals surface area contributed by atoms with Crippen LogP contribution in [0.1, 0.15) is 6.42 Å². The molecule has 0 spiro atoms. The Morgan fingerprint density at radius 1 is 1.36 bits per heavy atom. The predicted octanol–water partition coefficient (Wildman–Crippen LogP) is 3.45. The van der Waals surface area contributed by atoms with E-state index in [4.69, 9.17) is 23.2 Å². The van der Waals surface area contributed by atoms with Gasteiger partial charge in [-0.2, -0.15) is 0 Å². The summed E-state index contributed by atoms with van der Waals surface area (Å²) in [6.45, 7) is 2.17. The van der Waals surface area contributed by atoms with E-state index in [1.165, 1.54) is 6.42 Å². The first-order valence-corrected chi connectivity index (χ1v) is 6.22. The van der Waals surface area contributed by atoms with Gasteiger partial charge in [-0.1, -0.05) is 23.2 Å². The summed E-state index contributed by atoms with van der Waals surface area (Å²) in [5.74, 6) is 0. The number of benzene rings is 1. The van der Waals surface area contributed by atoms with Gasteiger partial charge in [0, 0.05) is 21.7 Å². The Morgan fingerprint density at radius 3 is 2.93 bits per heavy atom. The maximum absolute atomic E-state index is 6.07. The van der Waals surface area contributed by atoms with Crippen LogP contribution in [0.25, 0.3) is 0 Å². The number of nitrogens with one attached hydrogen (secondary N) is 1. The molecule has 1 saturated heterocycles. The van der Waals surface area contributed by atoms with E-state index in [0.29, 0.717) is 5.25 Å². The molecule has 0 bridgehead atoms. The molecule has 1 N–H and O–H groups in total. The lowest BCUT2D eigenvalue weighted by molar-refractivity contribution is 0.858. The van der Waals surface area contributed by atoms with Crippen molar-refractivity contribution in [3.8, 4) is 0 Å². The Balaban J connectivity index is 2.10. The third-order valence-corrected chi connectivity index (χ3v) is 4.21. The third-order valence-electron chi connectivity index (χ3n) is 2.20.